The minimum absolute atomic E-state index is 0.245. The van der Waals surface area contributed by atoms with Crippen molar-refractivity contribution in [2.75, 3.05) is 30.9 Å². The van der Waals surface area contributed by atoms with Crippen LogP contribution in [0.5, 0.6) is 0 Å². The standard InChI is InChI=1S/C14H20N2O2S/c1-10-11(13(17)18-4)5-6-12(15-10)16-7-8-19-14(2,3)9-16/h5-6H,7-9H2,1-4H3. The van der Waals surface area contributed by atoms with E-state index in [-0.39, 0.29) is 10.7 Å². The molecule has 1 aromatic heterocycles. The number of aryl methyl sites for hydroxylation is 1. The first-order chi connectivity index (χ1) is 8.93. The fraction of sp³-hybridized carbons (Fsp3) is 0.571. The third kappa shape index (κ3) is 3.21. The van der Waals surface area contributed by atoms with Gasteiger partial charge in [-0.1, -0.05) is 0 Å². The van der Waals surface area contributed by atoms with Crippen molar-refractivity contribution in [1.82, 2.24) is 4.98 Å². The third-order valence-corrected chi connectivity index (χ3v) is 4.52. The summed E-state index contributed by atoms with van der Waals surface area (Å²) in [5.41, 5.74) is 1.26. The van der Waals surface area contributed by atoms with Crippen LogP contribution in [0.2, 0.25) is 0 Å². The molecule has 0 N–H and O–H groups in total. The second-order valence-electron chi connectivity index (χ2n) is 5.32. The number of aromatic nitrogens is 1. The van der Waals surface area contributed by atoms with Gasteiger partial charge in [0.15, 0.2) is 0 Å². The van der Waals surface area contributed by atoms with E-state index in [9.17, 15) is 4.79 Å². The van der Waals surface area contributed by atoms with Gasteiger partial charge in [-0.05, 0) is 32.9 Å². The van der Waals surface area contributed by atoms with Gasteiger partial charge >= 0.3 is 5.97 Å². The summed E-state index contributed by atoms with van der Waals surface area (Å²) in [6.07, 6.45) is 0. The molecule has 1 aromatic rings. The van der Waals surface area contributed by atoms with Crippen molar-refractivity contribution in [2.45, 2.75) is 25.5 Å². The molecule has 1 saturated heterocycles. The number of carbonyl (C=O) groups excluding carboxylic acids is 1. The average Bonchev–Trinajstić information content (AvgIpc) is 2.36. The van der Waals surface area contributed by atoms with Crippen LogP contribution in [0.3, 0.4) is 0 Å². The van der Waals surface area contributed by atoms with Gasteiger partial charge in [-0.25, -0.2) is 9.78 Å². The number of thioether (sulfide) groups is 1. The summed E-state index contributed by atoms with van der Waals surface area (Å²) in [6.45, 7) is 8.32. The Morgan fingerprint density at radius 1 is 1.47 bits per heavy atom. The molecule has 104 valence electrons. The van der Waals surface area contributed by atoms with Crippen molar-refractivity contribution in [1.29, 1.82) is 0 Å². The lowest BCUT2D eigenvalue weighted by Crippen LogP contribution is -2.43. The van der Waals surface area contributed by atoms with Crippen LogP contribution in [-0.2, 0) is 4.74 Å². The number of rotatable bonds is 2. The molecule has 19 heavy (non-hydrogen) atoms. The molecule has 1 aliphatic rings. The molecule has 0 aromatic carbocycles. The molecule has 4 nitrogen and oxygen atoms in total. The van der Waals surface area contributed by atoms with Crippen LogP contribution < -0.4 is 4.90 Å². The molecule has 1 fully saturated rings. The van der Waals surface area contributed by atoms with Crippen molar-refractivity contribution in [3.8, 4) is 0 Å². The van der Waals surface area contributed by atoms with Gasteiger partial charge in [0.2, 0.25) is 0 Å². The Bertz CT molecular complexity index is 488. The van der Waals surface area contributed by atoms with Crippen molar-refractivity contribution in [3.63, 3.8) is 0 Å². The highest BCUT2D eigenvalue weighted by Gasteiger charge is 2.28. The van der Waals surface area contributed by atoms with E-state index in [0.717, 1.165) is 30.4 Å². The first-order valence-corrected chi connectivity index (χ1v) is 7.36. The van der Waals surface area contributed by atoms with E-state index in [1.54, 1.807) is 6.07 Å². The number of pyridine rings is 1. The Kier molecular flexibility index (Phi) is 4.04. The maximum atomic E-state index is 11.5. The average molecular weight is 280 g/mol. The SMILES string of the molecule is COC(=O)c1ccc(N2CCSC(C)(C)C2)nc1C. The topological polar surface area (TPSA) is 42.4 Å². The van der Waals surface area contributed by atoms with Crippen LogP contribution in [0.15, 0.2) is 12.1 Å². The van der Waals surface area contributed by atoms with Crippen molar-refractivity contribution < 1.29 is 9.53 Å². The molecular formula is C14H20N2O2S. The highest BCUT2D eigenvalue weighted by Crippen LogP contribution is 2.31. The Labute approximate surface area is 118 Å². The van der Waals surface area contributed by atoms with E-state index in [1.807, 2.05) is 24.8 Å². The van der Waals surface area contributed by atoms with Crippen molar-refractivity contribution >= 4 is 23.5 Å². The molecule has 2 heterocycles. The summed E-state index contributed by atoms with van der Waals surface area (Å²) >= 11 is 1.99. The number of hydrogen-bond acceptors (Lipinski definition) is 5. The Morgan fingerprint density at radius 3 is 2.79 bits per heavy atom. The number of hydrogen-bond donors (Lipinski definition) is 0. The van der Waals surface area contributed by atoms with Gasteiger partial charge in [0.1, 0.15) is 5.82 Å². The van der Waals surface area contributed by atoms with Gasteiger partial charge < -0.3 is 9.64 Å². The maximum Gasteiger partial charge on any atom is 0.339 e. The van der Waals surface area contributed by atoms with Crippen LogP contribution >= 0.6 is 11.8 Å². The molecule has 0 amide bonds. The second kappa shape index (κ2) is 5.41. The number of nitrogens with zero attached hydrogens (tertiary/aromatic N) is 2. The quantitative estimate of drug-likeness (QED) is 0.779. The highest BCUT2D eigenvalue weighted by molar-refractivity contribution is 8.00. The highest BCUT2D eigenvalue weighted by atomic mass is 32.2. The molecule has 0 spiro atoms. The molecule has 0 radical (unpaired) electrons. The van der Waals surface area contributed by atoms with Gasteiger partial charge in [0.05, 0.1) is 18.4 Å². The van der Waals surface area contributed by atoms with E-state index >= 15 is 0 Å². The molecule has 2 rings (SSSR count). The maximum absolute atomic E-state index is 11.5. The summed E-state index contributed by atoms with van der Waals surface area (Å²) < 4.78 is 4.98. The monoisotopic (exact) mass is 280 g/mol. The number of methoxy groups -OCH3 is 1. The minimum Gasteiger partial charge on any atom is -0.465 e. The Morgan fingerprint density at radius 2 is 2.21 bits per heavy atom. The molecule has 0 saturated carbocycles. The number of esters is 1. The predicted molar refractivity (Wildman–Crippen MR) is 79.1 cm³/mol. The molecule has 0 bridgehead atoms. The minimum atomic E-state index is -0.328. The lowest BCUT2D eigenvalue weighted by molar-refractivity contribution is 0.0599. The van der Waals surface area contributed by atoms with Crippen LogP contribution in [0.4, 0.5) is 5.82 Å². The van der Waals surface area contributed by atoms with Crippen LogP contribution in [0, 0.1) is 6.92 Å². The van der Waals surface area contributed by atoms with Gasteiger partial charge in [-0.3, -0.25) is 0 Å². The molecule has 1 aliphatic heterocycles. The van der Waals surface area contributed by atoms with E-state index in [2.05, 4.69) is 23.7 Å². The van der Waals surface area contributed by atoms with Crippen LogP contribution in [0.25, 0.3) is 0 Å². The zero-order valence-electron chi connectivity index (χ0n) is 11.9. The van der Waals surface area contributed by atoms with Gasteiger partial charge in [-0.2, -0.15) is 11.8 Å². The molecule has 5 heteroatoms. The van der Waals surface area contributed by atoms with E-state index in [1.165, 1.54) is 7.11 Å². The lowest BCUT2D eigenvalue weighted by Gasteiger charge is -2.38. The van der Waals surface area contributed by atoms with Crippen molar-refractivity contribution in [3.05, 3.63) is 23.4 Å². The Balaban J connectivity index is 2.22. The predicted octanol–water partition coefficient (Wildman–Crippen LogP) is 2.51. The third-order valence-electron chi connectivity index (χ3n) is 3.23. The summed E-state index contributed by atoms with van der Waals surface area (Å²) in [6, 6.07) is 3.71. The van der Waals surface area contributed by atoms with E-state index < -0.39 is 0 Å². The Hall–Kier alpha value is -1.23. The zero-order chi connectivity index (χ0) is 14.0. The number of ether oxygens (including phenoxy) is 1. The van der Waals surface area contributed by atoms with Gasteiger partial charge in [-0.15, -0.1) is 0 Å². The molecule has 0 unspecified atom stereocenters. The fourth-order valence-corrected chi connectivity index (χ4v) is 3.37. The largest absolute Gasteiger partial charge is 0.465 e. The van der Waals surface area contributed by atoms with E-state index in [4.69, 9.17) is 4.74 Å². The normalized spacial score (nSPS) is 18.2. The lowest BCUT2D eigenvalue weighted by atomic mass is 10.1. The first-order valence-electron chi connectivity index (χ1n) is 6.38. The van der Waals surface area contributed by atoms with Crippen LogP contribution in [-0.4, -0.2) is 41.7 Å². The zero-order valence-corrected chi connectivity index (χ0v) is 12.7. The fourth-order valence-electron chi connectivity index (χ4n) is 2.26. The van der Waals surface area contributed by atoms with Gasteiger partial charge in [0, 0.05) is 23.6 Å². The number of carbonyl (C=O) groups is 1. The molecule has 0 aliphatic carbocycles. The smallest absolute Gasteiger partial charge is 0.339 e. The molecular weight excluding hydrogens is 260 g/mol. The summed E-state index contributed by atoms with van der Waals surface area (Å²) in [7, 11) is 1.39. The first kappa shape index (κ1) is 14.2. The van der Waals surface area contributed by atoms with E-state index in [0.29, 0.717) is 5.56 Å². The van der Waals surface area contributed by atoms with Crippen molar-refractivity contribution in [2.24, 2.45) is 0 Å². The van der Waals surface area contributed by atoms with Gasteiger partial charge in [0.25, 0.3) is 0 Å². The summed E-state index contributed by atoms with van der Waals surface area (Å²) in [5, 5.41) is 0. The summed E-state index contributed by atoms with van der Waals surface area (Å²) in [4.78, 5) is 18.4. The summed E-state index contributed by atoms with van der Waals surface area (Å²) in [5.74, 6) is 1.72. The molecule has 0 atom stereocenters. The second-order valence-corrected chi connectivity index (χ2v) is 7.13. The number of anilines is 1. The van der Waals surface area contributed by atoms with Crippen LogP contribution in [0.1, 0.15) is 29.9 Å².